The van der Waals surface area contributed by atoms with Gasteiger partial charge in [-0.15, -0.1) is 0 Å². The lowest BCUT2D eigenvalue weighted by Crippen LogP contribution is -2.28. The van der Waals surface area contributed by atoms with E-state index >= 15 is 0 Å². The number of benzene rings is 2. The standard InChI is InChI=1S/C28H35NO5/c1-33-26-16-19(10-15-25(26)30)17-27(31)29-23-9-5-8-22(18-23)20-11-13-24(14-12-20)34-28(32)21-6-3-2-4-7-21/h5,8-10,15-16,18,20-21,24,30H,2-4,6-7,11-14,17H2,1H3,(H,29,31)/t20-,24+. The molecule has 6 nitrogen and oxygen atoms in total. The first-order valence-corrected chi connectivity index (χ1v) is 12.5. The molecule has 0 unspecified atom stereocenters. The molecule has 6 heteroatoms. The Bertz CT molecular complexity index is 990. The van der Waals surface area contributed by atoms with Crippen LogP contribution in [0.2, 0.25) is 0 Å². The van der Waals surface area contributed by atoms with Crippen molar-refractivity contribution in [2.75, 3.05) is 12.4 Å². The highest BCUT2D eigenvalue weighted by atomic mass is 16.5. The first-order valence-electron chi connectivity index (χ1n) is 12.5. The van der Waals surface area contributed by atoms with Crippen LogP contribution in [0.4, 0.5) is 5.69 Å². The van der Waals surface area contributed by atoms with E-state index < -0.39 is 0 Å². The number of anilines is 1. The van der Waals surface area contributed by atoms with E-state index in [1.54, 1.807) is 12.1 Å². The van der Waals surface area contributed by atoms with E-state index in [2.05, 4.69) is 11.4 Å². The third kappa shape index (κ3) is 6.31. The second-order valence-corrected chi connectivity index (χ2v) is 9.60. The summed E-state index contributed by atoms with van der Waals surface area (Å²) < 4.78 is 11.0. The number of aromatic hydroxyl groups is 1. The van der Waals surface area contributed by atoms with Crippen LogP contribution in [-0.2, 0) is 20.7 Å². The van der Waals surface area contributed by atoms with Crippen molar-refractivity contribution in [3.05, 3.63) is 53.6 Å². The smallest absolute Gasteiger partial charge is 0.309 e. The van der Waals surface area contributed by atoms with Gasteiger partial charge in [0.15, 0.2) is 11.5 Å². The largest absolute Gasteiger partial charge is 0.504 e. The van der Waals surface area contributed by atoms with Gasteiger partial charge in [0.1, 0.15) is 6.10 Å². The summed E-state index contributed by atoms with van der Waals surface area (Å²) in [5.74, 6) is 0.810. The van der Waals surface area contributed by atoms with E-state index in [9.17, 15) is 14.7 Å². The van der Waals surface area contributed by atoms with E-state index in [0.29, 0.717) is 11.7 Å². The predicted molar refractivity (Wildman–Crippen MR) is 131 cm³/mol. The van der Waals surface area contributed by atoms with Gasteiger partial charge < -0.3 is 19.9 Å². The highest BCUT2D eigenvalue weighted by Crippen LogP contribution is 2.36. The van der Waals surface area contributed by atoms with Gasteiger partial charge in [-0.2, -0.15) is 0 Å². The molecule has 1 amide bonds. The topological polar surface area (TPSA) is 84.9 Å². The van der Waals surface area contributed by atoms with Gasteiger partial charge in [-0.3, -0.25) is 9.59 Å². The van der Waals surface area contributed by atoms with Gasteiger partial charge in [-0.05, 0) is 79.8 Å². The summed E-state index contributed by atoms with van der Waals surface area (Å²) in [5.41, 5.74) is 2.75. The number of rotatable bonds is 7. The number of hydrogen-bond acceptors (Lipinski definition) is 5. The van der Waals surface area contributed by atoms with E-state index in [0.717, 1.165) is 62.6 Å². The van der Waals surface area contributed by atoms with Gasteiger partial charge in [0, 0.05) is 5.69 Å². The van der Waals surface area contributed by atoms with E-state index in [4.69, 9.17) is 9.47 Å². The van der Waals surface area contributed by atoms with Crippen molar-refractivity contribution >= 4 is 17.6 Å². The highest BCUT2D eigenvalue weighted by Gasteiger charge is 2.29. The Hall–Kier alpha value is -3.02. The maximum atomic E-state index is 12.6. The minimum Gasteiger partial charge on any atom is -0.504 e. The number of phenolic OH excluding ortho intramolecular Hbond substituents is 1. The number of esters is 1. The summed E-state index contributed by atoms with van der Waals surface area (Å²) in [6.45, 7) is 0. The Kier molecular flexibility index (Phi) is 8.09. The van der Waals surface area contributed by atoms with Crippen molar-refractivity contribution in [3.8, 4) is 11.5 Å². The minimum absolute atomic E-state index is 0.0131. The van der Waals surface area contributed by atoms with Crippen molar-refractivity contribution in [2.45, 2.75) is 76.2 Å². The van der Waals surface area contributed by atoms with Crippen molar-refractivity contribution in [1.82, 2.24) is 0 Å². The van der Waals surface area contributed by atoms with Crippen LogP contribution < -0.4 is 10.1 Å². The van der Waals surface area contributed by atoms with Gasteiger partial charge in [0.05, 0.1) is 19.4 Å². The van der Waals surface area contributed by atoms with Crippen LogP contribution >= 0.6 is 0 Å². The summed E-state index contributed by atoms with van der Waals surface area (Å²) >= 11 is 0. The average molecular weight is 466 g/mol. The lowest BCUT2D eigenvalue weighted by Gasteiger charge is -2.30. The summed E-state index contributed by atoms with van der Waals surface area (Å²) in [6, 6.07) is 13.0. The van der Waals surface area contributed by atoms with Crippen LogP contribution in [0.15, 0.2) is 42.5 Å². The first-order chi connectivity index (χ1) is 16.5. The molecule has 182 valence electrons. The zero-order valence-corrected chi connectivity index (χ0v) is 19.9. The summed E-state index contributed by atoms with van der Waals surface area (Å²) in [5, 5.41) is 12.7. The van der Waals surface area contributed by atoms with Gasteiger partial charge in [0.2, 0.25) is 5.91 Å². The van der Waals surface area contributed by atoms with Crippen LogP contribution in [0, 0.1) is 5.92 Å². The molecule has 0 aliphatic heterocycles. The van der Waals surface area contributed by atoms with Crippen LogP contribution in [0.3, 0.4) is 0 Å². The lowest BCUT2D eigenvalue weighted by atomic mass is 9.82. The summed E-state index contributed by atoms with van der Waals surface area (Å²) in [6.07, 6.45) is 9.45. The van der Waals surface area contributed by atoms with E-state index in [-0.39, 0.29) is 36.1 Å². The van der Waals surface area contributed by atoms with Gasteiger partial charge >= 0.3 is 5.97 Å². The zero-order valence-electron chi connectivity index (χ0n) is 19.9. The molecule has 2 aromatic carbocycles. The minimum atomic E-state index is -0.122. The maximum absolute atomic E-state index is 12.6. The molecule has 2 aromatic rings. The van der Waals surface area contributed by atoms with Gasteiger partial charge in [0.25, 0.3) is 0 Å². The molecule has 0 heterocycles. The monoisotopic (exact) mass is 465 g/mol. The molecule has 0 spiro atoms. The van der Waals surface area contributed by atoms with Gasteiger partial charge in [-0.1, -0.05) is 37.5 Å². The van der Waals surface area contributed by atoms with Gasteiger partial charge in [-0.25, -0.2) is 0 Å². The quantitative estimate of drug-likeness (QED) is 0.510. The van der Waals surface area contributed by atoms with Crippen LogP contribution in [0.25, 0.3) is 0 Å². The second kappa shape index (κ2) is 11.4. The number of amides is 1. The highest BCUT2D eigenvalue weighted by molar-refractivity contribution is 5.92. The fraction of sp³-hybridized carbons (Fsp3) is 0.500. The molecule has 2 aliphatic rings. The lowest BCUT2D eigenvalue weighted by molar-refractivity contribution is -0.156. The fourth-order valence-electron chi connectivity index (χ4n) is 5.21. The molecule has 0 bridgehead atoms. The number of carbonyl (C=O) groups is 2. The van der Waals surface area contributed by atoms with E-state index in [1.807, 2.05) is 18.2 Å². The number of phenols is 1. The Labute approximate surface area is 201 Å². The Balaban J connectivity index is 1.28. The molecular weight excluding hydrogens is 430 g/mol. The van der Waals surface area contributed by atoms with Crippen LogP contribution in [-0.4, -0.2) is 30.2 Å². The predicted octanol–water partition coefficient (Wildman–Crippen LogP) is 5.73. The average Bonchev–Trinajstić information content (AvgIpc) is 2.86. The normalized spacial score (nSPS) is 21.0. The summed E-state index contributed by atoms with van der Waals surface area (Å²) in [7, 11) is 1.48. The molecule has 0 saturated heterocycles. The molecule has 4 rings (SSSR count). The second-order valence-electron chi connectivity index (χ2n) is 9.60. The molecular formula is C28H35NO5. The van der Waals surface area contributed by atoms with Crippen molar-refractivity contribution in [3.63, 3.8) is 0 Å². The third-order valence-corrected chi connectivity index (χ3v) is 7.15. The number of hydrogen-bond donors (Lipinski definition) is 2. The van der Waals surface area contributed by atoms with Crippen molar-refractivity contribution in [2.24, 2.45) is 5.92 Å². The Morgan fingerprint density at radius 3 is 2.47 bits per heavy atom. The SMILES string of the molecule is COc1cc(CC(=O)Nc2cccc([C@H]3CC[C@@H](OC(=O)C4CCCCC4)CC3)c2)ccc1O. The molecule has 0 radical (unpaired) electrons. The number of methoxy groups -OCH3 is 1. The molecule has 2 aliphatic carbocycles. The van der Waals surface area contributed by atoms with Crippen molar-refractivity contribution < 1.29 is 24.2 Å². The molecule has 2 N–H and O–H groups in total. The molecule has 2 fully saturated rings. The number of carbonyl (C=O) groups excluding carboxylic acids is 2. The fourth-order valence-corrected chi connectivity index (χ4v) is 5.21. The first kappa shape index (κ1) is 24.1. The van der Waals surface area contributed by atoms with Crippen LogP contribution in [0.1, 0.15) is 74.8 Å². The number of ether oxygens (including phenoxy) is 2. The molecule has 2 saturated carbocycles. The van der Waals surface area contributed by atoms with Crippen LogP contribution in [0.5, 0.6) is 11.5 Å². The zero-order chi connectivity index (χ0) is 23.9. The Morgan fingerprint density at radius 1 is 0.971 bits per heavy atom. The van der Waals surface area contributed by atoms with Crippen molar-refractivity contribution in [1.29, 1.82) is 0 Å². The summed E-state index contributed by atoms with van der Waals surface area (Å²) in [4.78, 5) is 25.0. The number of nitrogens with one attached hydrogen (secondary N) is 1. The molecule has 0 atom stereocenters. The third-order valence-electron chi connectivity index (χ3n) is 7.15. The molecule has 0 aromatic heterocycles. The van der Waals surface area contributed by atoms with E-state index in [1.165, 1.54) is 25.2 Å². The molecule has 34 heavy (non-hydrogen) atoms. The Morgan fingerprint density at radius 2 is 1.74 bits per heavy atom. The maximum Gasteiger partial charge on any atom is 0.309 e.